The van der Waals surface area contributed by atoms with Gasteiger partial charge in [0.05, 0.1) is 23.2 Å². The molecule has 0 atom stereocenters. The summed E-state index contributed by atoms with van der Waals surface area (Å²) in [5, 5.41) is 3.17. The number of ether oxygens (including phenoxy) is 2. The Hall–Kier alpha value is -2.93. The molecule has 0 saturated carbocycles. The number of nitrogens with zero attached hydrogens (tertiary/aromatic N) is 1. The Balaban J connectivity index is 1.44. The molecule has 1 heterocycles. The van der Waals surface area contributed by atoms with Gasteiger partial charge in [-0.1, -0.05) is 35.6 Å². The van der Waals surface area contributed by atoms with Gasteiger partial charge in [-0.3, -0.25) is 14.9 Å². The van der Waals surface area contributed by atoms with Crippen molar-refractivity contribution in [2.24, 2.45) is 0 Å². The molecule has 0 fully saturated rings. The lowest BCUT2D eigenvalue weighted by atomic mass is 10.1. The molecule has 0 aliphatic rings. The minimum Gasteiger partial charge on any atom is -0.493 e. The number of benzene rings is 2. The van der Waals surface area contributed by atoms with Gasteiger partial charge in [0.2, 0.25) is 0 Å². The van der Waals surface area contributed by atoms with Crippen LogP contribution in [0, 0.1) is 13.8 Å². The van der Waals surface area contributed by atoms with Gasteiger partial charge < -0.3 is 9.47 Å². The quantitative estimate of drug-likeness (QED) is 0.626. The van der Waals surface area contributed by atoms with E-state index in [-0.39, 0.29) is 19.6 Å². The van der Waals surface area contributed by atoms with Crippen LogP contribution in [0.4, 0.5) is 5.13 Å². The molecule has 1 N–H and O–H groups in total. The molecule has 27 heavy (non-hydrogen) atoms. The smallest absolute Gasteiger partial charge is 0.309 e. The van der Waals surface area contributed by atoms with Gasteiger partial charge in [0, 0.05) is 0 Å². The molecule has 2 aromatic carbocycles. The summed E-state index contributed by atoms with van der Waals surface area (Å²) in [6.07, 6.45) is 0.0712. The number of hydrogen-bond acceptors (Lipinski definition) is 6. The predicted octanol–water partition coefficient (Wildman–Crippen LogP) is 3.86. The monoisotopic (exact) mass is 384 g/mol. The highest BCUT2D eigenvalue weighted by Crippen LogP contribution is 2.29. The number of aryl methyl sites for hydroxylation is 2. The maximum Gasteiger partial charge on any atom is 0.309 e. The molecule has 7 heteroatoms. The van der Waals surface area contributed by atoms with E-state index in [1.165, 1.54) is 11.3 Å². The van der Waals surface area contributed by atoms with Crippen molar-refractivity contribution >= 4 is 38.6 Å². The van der Waals surface area contributed by atoms with Crippen molar-refractivity contribution in [3.63, 3.8) is 0 Å². The van der Waals surface area contributed by atoms with Crippen LogP contribution in [0.3, 0.4) is 0 Å². The predicted molar refractivity (Wildman–Crippen MR) is 105 cm³/mol. The van der Waals surface area contributed by atoms with Crippen LogP contribution in [0.2, 0.25) is 0 Å². The Morgan fingerprint density at radius 3 is 2.70 bits per heavy atom. The number of anilines is 1. The lowest BCUT2D eigenvalue weighted by Gasteiger charge is -2.06. The van der Waals surface area contributed by atoms with E-state index in [1.54, 1.807) is 12.1 Å². The third-order valence-electron chi connectivity index (χ3n) is 3.76. The van der Waals surface area contributed by atoms with Crippen LogP contribution < -0.4 is 10.1 Å². The minimum absolute atomic E-state index is 0.0712. The van der Waals surface area contributed by atoms with Gasteiger partial charge in [-0.25, -0.2) is 4.98 Å². The molecule has 3 aromatic rings. The third kappa shape index (κ3) is 5.27. The van der Waals surface area contributed by atoms with Crippen molar-refractivity contribution < 1.29 is 19.1 Å². The highest BCUT2D eigenvalue weighted by molar-refractivity contribution is 7.22. The van der Waals surface area contributed by atoms with E-state index in [4.69, 9.17) is 9.47 Å². The first-order chi connectivity index (χ1) is 13.0. The summed E-state index contributed by atoms with van der Waals surface area (Å²) in [7, 11) is 0. The number of rotatable bonds is 7. The first kappa shape index (κ1) is 18.8. The zero-order valence-electron chi connectivity index (χ0n) is 15.2. The highest BCUT2D eigenvalue weighted by atomic mass is 32.1. The Morgan fingerprint density at radius 2 is 1.93 bits per heavy atom. The first-order valence-electron chi connectivity index (χ1n) is 8.52. The Labute approximate surface area is 161 Å². The standard InChI is InChI=1S/C20H20N2O4S/c1-13-10-14(2)19-16(11-13)27-20(22-19)21-17(23)12-26-18(24)8-9-25-15-6-4-3-5-7-15/h3-7,10-11H,8-9,12H2,1-2H3,(H,21,22,23). The fraction of sp³-hybridized carbons (Fsp3) is 0.250. The van der Waals surface area contributed by atoms with E-state index in [2.05, 4.69) is 10.3 Å². The largest absolute Gasteiger partial charge is 0.493 e. The van der Waals surface area contributed by atoms with E-state index < -0.39 is 11.9 Å². The molecule has 140 valence electrons. The van der Waals surface area contributed by atoms with Gasteiger partial charge in [-0.15, -0.1) is 0 Å². The van der Waals surface area contributed by atoms with E-state index in [9.17, 15) is 9.59 Å². The van der Waals surface area contributed by atoms with Gasteiger partial charge >= 0.3 is 5.97 Å². The summed E-state index contributed by atoms with van der Waals surface area (Å²) in [4.78, 5) is 28.1. The summed E-state index contributed by atoms with van der Waals surface area (Å²) in [5.41, 5.74) is 3.08. The second-order valence-electron chi connectivity index (χ2n) is 6.07. The Morgan fingerprint density at radius 1 is 1.15 bits per heavy atom. The zero-order chi connectivity index (χ0) is 19.2. The van der Waals surface area contributed by atoms with Crippen LogP contribution in [-0.4, -0.2) is 30.1 Å². The third-order valence-corrected chi connectivity index (χ3v) is 4.68. The van der Waals surface area contributed by atoms with Crippen LogP contribution in [0.15, 0.2) is 42.5 Å². The van der Waals surface area contributed by atoms with E-state index in [0.29, 0.717) is 10.9 Å². The number of carbonyl (C=O) groups is 2. The molecule has 6 nitrogen and oxygen atoms in total. The van der Waals surface area contributed by atoms with Gasteiger partial charge in [0.25, 0.3) is 5.91 Å². The van der Waals surface area contributed by atoms with Gasteiger partial charge in [-0.05, 0) is 43.2 Å². The summed E-state index contributed by atoms with van der Waals surface area (Å²) >= 11 is 1.40. The molecule has 0 saturated heterocycles. The fourth-order valence-corrected chi connectivity index (χ4v) is 3.62. The normalized spacial score (nSPS) is 10.6. The van der Waals surface area contributed by atoms with Crippen LogP contribution in [0.5, 0.6) is 5.75 Å². The number of para-hydroxylation sites is 1. The number of amides is 1. The van der Waals surface area contributed by atoms with Gasteiger partial charge in [0.1, 0.15) is 5.75 Å². The van der Waals surface area contributed by atoms with Crippen LogP contribution >= 0.6 is 11.3 Å². The van der Waals surface area contributed by atoms with Crippen molar-refractivity contribution in [2.75, 3.05) is 18.5 Å². The molecule has 0 unspecified atom stereocenters. The molecular formula is C20H20N2O4S. The average molecular weight is 384 g/mol. The molecule has 0 aliphatic heterocycles. The molecule has 1 aromatic heterocycles. The molecule has 0 bridgehead atoms. The fourth-order valence-electron chi connectivity index (χ4n) is 2.57. The highest BCUT2D eigenvalue weighted by Gasteiger charge is 2.12. The number of carbonyl (C=O) groups excluding carboxylic acids is 2. The summed E-state index contributed by atoms with van der Waals surface area (Å²) < 4.78 is 11.4. The summed E-state index contributed by atoms with van der Waals surface area (Å²) in [6, 6.07) is 13.3. The molecule has 3 rings (SSSR count). The second-order valence-corrected chi connectivity index (χ2v) is 7.10. The summed E-state index contributed by atoms with van der Waals surface area (Å²) in [6.45, 7) is 3.85. The Bertz CT molecular complexity index is 953. The summed E-state index contributed by atoms with van der Waals surface area (Å²) in [5.74, 6) is -0.220. The van der Waals surface area contributed by atoms with E-state index in [0.717, 1.165) is 21.3 Å². The van der Waals surface area contributed by atoms with Gasteiger partial charge in [0.15, 0.2) is 11.7 Å². The number of esters is 1. The maximum atomic E-state index is 12.0. The average Bonchev–Trinajstić information content (AvgIpc) is 3.03. The van der Waals surface area contributed by atoms with E-state index >= 15 is 0 Å². The lowest BCUT2D eigenvalue weighted by Crippen LogP contribution is -2.21. The number of aromatic nitrogens is 1. The maximum absolute atomic E-state index is 12.0. The molecule has 0 aliphatic carbocycles. The van der Waals surface area contributed by atoms with Crippen LogP contribution in [0.1, 0.15) is 17.5 Å². The number of nitrogens with one attached hydrogen (secondary N) is 1. The van der Waals surface area contributed by atoms with Crippen molar-refractivity contribution in [1.82, 2.24) is 4.98 Å². The number of hydrogen-bond donors (Lipinski definition) is 1. The lowest BCUT2D eigenvalue weighted by molar-refractivity contribution is -0.147. The molecular weight excluding hydrogens is 364 g/mol. The Kier molecular flexibility index (Phi) is 6.03. The van der Waals surface area contributed by atoms with Crippen molar-refractivity contribution in [1.29, 1.82) is 0 Å². The van der Waals surface area contributed by atoms with Crippen LogP contribution in [-0.2, 0) is 14.3 Å². The molecule has 0 spiro atoms. The van der Waals surface area contributed by atoms with E-state index in [1.807, 2.05) is 44.2 Å². The SMILES string of the molecule is Cc1cc(C)c2nc(NC(=O)COC(=O)CCOc3ccccc3)sc2c1. The molecule has 1 amide bonds. The number of fused-ring (bicyclic) bond motifs is 1. The molecule has 0 radical (unpaired) electrons. The van der Waals surface area contributed by atoms with Crippen molar-refractivity contribution in [3.8, 4) is 5.75 Å². The first-order valence-corrected chi connectivity index (χ1v) is 9.34. The zero-order valence-corrected chi connectivity index (χ0v) is 16.0. The van der Waals surface area contributed by atoms with Gasteiger partial charge in [-0.2, -0.15) is 0 Å². The minimum atomic E-state index is -0.489. The van der Waals surface area contributed by atoms with Crippen molar-refractivity contribution in [2.45, 2.75) is 20.3 Å². The number of thiazole rings is 1. The van der Waals surface area contributed by atoms with Crippen molar-refractivity contribution in [3.05, 3.63) is 53.6 Å². The topological polar surface area (TPSA) is 77.5 Å². The van der Waals surface area contributed by atoms with Crippen LogP contribution in [0.25, 0.3) is 10.2 Å². The second kappa shape index (κ2) is 8.64.